The van der Waals surface area contributed by atoms with E-state index >= 15 is 0 Å². The average molecular weight is 417 g/mol. The van der Waals surface area contributed by atoms with Gasteiger partial charge in [-0.2, -0.15) is 0 Å². The van der Waals surface area contributed by atoms with Gasteiger partial charge in [0.2, 0.25) is 0 Å². The lowest BCUT2D eigenvalue weighted by Gasteiger charge is -2.37. The van der Waals surface area contributed by atoms with Gasteiger partial charge in [0.25, 0.3) is 0 Å². The fraction of sp³-hybridized carbons (Fsp3) is 0.0303. The number of hydrogen-bond acceptors (Lipinski definition) is 0. The van der Waals surface area contributed by atoms with Crippen LogP contribution in [0.4, 0.5) is 0 Å². The molecule has 0 spiro atoms. The minimum Gasteiger partial charge on any atom is -0.115 e. The Morgan fingerprint density at radius 3 is 0.667 bits per heavy atom. The summed E-state index contributed by atoms with van der Waals surface area (Å²) in [5, 5.41) is 0. The van der Waals surface area contributed by atoms with Gasteiger partial charge in [0.1, 0.15) is 0 Å². The molecule has 0 atom stereocenters. The Balaban J connectivity index is 2.11. The molecule has 0 amide bonds. The molecule has 0 unspecified atom stereocenters. The fourth-order valence-electron chi connectivity index (χ4n) is 4.27. The quantitative estimate of drug-likeness (QED) is 0.283. The highest BCUT2D eigenvalue weighted by Crippen LogP contribution is 2.45. The zero-order valence-electron chi connectivity index (χ0n) is 18.0. The molecule has 0 saturated carbocycles. The highest BCUT2D eigenvalue weighted by Gasteiger charge is 2.38. The van der Waals surface area contributed by atoms with E-state index in [1.165, 1.54) is 0 Å². The van der Waals surface area contributed by atoms with E-state index < -0.39 is 5.41 Å². The lowest BCUT2D eigenvalue weighted by Crippen LogP contribution is -2.31. The minimum atomic E-state index is -0.638. The summed E-state index contributed by atoms with van der Waals surface area (Å²) in [5.41, 5.74) is 6.91. The molecule has 4 aromatic carbocycles. The van der Waals surface area contributed by atoms with Crippen molar-refractivity contribution < 1.29 is 0 Å². The molecule has 4 rings (SSSR count). The molecular formula is C33H20. The molecule has 0 radical (unpaired) electrons. The third kappa shape index (κ3) is 3.80. The van der Waals surface area contributed by atoms with Crippen LogP contribution in [0.15, 0.2) is 97.1 Å². The minimum absolute atomic E-state index is 0.638. The van der Waals surface area contributed by atoms with E-state index in [0.29, 0.717) is 0 Å². The Kier molecular flexibility index (Phi) is 5.88. The van der Waals surface area contributed by atoms with Gasteiger partial charge in [-0.05, 0) is 70.8 Å². The van der Waals surface area contributed by atoms with Crippen molar-refractivity contribution in [2.45, 2.75) is 5.41 Å². The first-order chi connectivity index (χ1) is 16.1. The highest BCUT2D eigenvalue weighted by molar-refractivity contribution is 5.62. The Morgan fingerprint density at radius 2 is 0.515 bits per heavy atom. The normalized spacial score (nSPS) is 10.3. The second-order valence-corrected chi connectivity index (χ2v) is 7.64. The molecule has 0 bridgehead atoms. The van der Waals surface area contributed by atoms with Crippen molar-refractivity contribution >= 4 is 0 Å². The SMILES string of the molecule is C#Cc1ccc(C(c2ccc(C#C)cc2)(c2ccc(C#C)cc2)c2ccc(C#C)cc2)cc1. The molecular weight excluding hydrogens is 396 g/mol. The molecule has 33 heavy (non-hydrogen) atoms. The number of rotatable bonds is 4. The molecule has 0 aliphatic heterocycles. The van der Waals surface area contributed by atoms with Gasteiger partial charge in [-0.3, -0.25) is 0 Å². The van der Waals surface area contributed by atoms with Crippen LogP contribution in [-0.2, 0) is 5.41 Å². The molecule has 0 saturated heterocycles. The van der Waals surface area contributed by atoms with Crippen LogP contribution >= 0.6 is 0 Å². The van der Waals surface area contributed by atoms with Gasteiger partial charge < -0.3 is 0 Å². The molecule has 0 fully saturated rings. The lowest BCUT2D eigenvalue weighted by molar-refractivity contribution is 0.744. The predicted octanol–water partition coefficient (Wildman–Crippen LogP) is 5.99. The molecule has 0 heterocycles. The molecule has 4 aromatic rings. The van der Waals surface area contributed by atoms with E-state index in [0.717, 1.165) is 44.5 Å². The second-order valence-electron chi connectivity index (χ2n) is 7.64. The second kappa shape index (κ2) is 9.09. The van der Waals surface area contributed by atoms with Crippen molar-refractivity contribution in [3.8, 4) is 49.4 Å². The average Bonchev–Trinajstić information content (AvgIpc) is 2.90. The number of benzene rings is 4. The summed E-state index contributed by atoms with van der Waals surface area (Å²) in [6, 6.07) is 32.3. The van der Waals surface area contributed by atoms with Crippen molar-refractivity contribution in [1.82, 2.24) is 0 Å². The van der Waals surface area contributed by atoms with E-state index in [-0.39, 0.29) is 0 Å². The summed E-state index contributed by atoms with van der Waals surface area (Å²) in [5.74, 6) is 10.8. The van der Waals surface area contributed by atoms with Crippen LogP contribution in [0.5, 0.6) is 0 Å². The predicted molar refractivity (Wildman–Crippen MR) is 136 cm³/mol. The van der Waals surface area contributed by atoms with Gasteiger partial charge in [0.15, 0.2) is 0 Å². The Labute approximate surface area is 196 Å². The van der Waals surface area contributed by atoms with E-state index in [4.69, 9.17) is 25.7 Å². The summed E-state index contributed by atoms with van der Waals surface area (Å²) in [6.07, 6.45) is 22.5. The van der Waals surface area contributed by atoms with Crippen molar-refractivity contribution in [3.63, 3.8) is 0 Å². The van der Waals surface area contributed by atoms with Crippen molar-refractivity contribution in [2.75, 3.05) is 0 Å². The highest BCUT2D eigenvalue weighted by atomic mass is 14.4. The van der Waals surface area contributed by atoms with Gasteiger partial charge in [-0.25, -0.2) is 0 Å². The lowest BCUT2D eigenvalue weighted by atomic mass is 9.65. The maximum Gasteiger partial charge on any atom is 0.0701 e. The maximum absolute atomic E-state index is 5.63. The maximum atomic E-state index is 5.63. The Hall–Kier alpha value is -4.88. The van der Waals surface area contributed by atoms with E-state index in [2.05, 4.69) is 72.2 Å². The van der Waals surface area contributed by atoms with Crippen molar-refractivity contribution in [2.24, 2.45) is 0 Å². The monoisotopic (exact) mass is 416 g/mol. The fourth-order valence-corrected chi connectivity index (χ4v) is 4.27. The Morgan fingerprint density at radius 1 is 0.333 bits per heavy atom. The van der Waals surface area contributed by atoms with Crippen LogP contribution in [0.1, 0.15) is 44.5 Å². The van der Waals surface area contributed by atoms with Crippen LogP contribution < -0.4 is 0 Å². The molecule has 0 heteroatoms. The van der Waals surface area contributed by atoms with Crippen LogP contribution in [0.2, 0.25) is 0 Å². The zero-order chi connectivity index (χ0) is 23.3. The molecule has 0 N–H and O–H groups in total. The van der Waals surface area contributed by atoms with Crippen LogP contribution in [0.3, 0.4) is 0 Å². The molecule has 0 aromatic heterocycles. The topological polar surface area (TPSA) is 0 Å². The van der Waals surface area contributed by atoms with E-state index in [9.17, 15) is 0 Å². The summed E-state index contributed by atoms with van der Waals surface area (Å²) in [4.78, 5) is 0. The summed E-state index contributed by atoms with van der Waals surface area (Å²) in [7, 11) is 0. The van der Waals surface area contributed by atoms with Gasteiger partial charge in [-0.15, -0.1) is 25.7 Å². The Bertz CT molecular complexity index is 1200. The van der Waals surface area contributed by atoms with E-state index in [1.54, 1.807) is 0 Å². The first kappa shape index (κ1) is 21.4. The van der Waals surface area contributed by atoms with Gasteiger partial charge in [0, 0.05) is 22.3 Å². The van der Waals surface area contributed by atoms with Gasteiger partial charge in [0.05, 0.1) is 5.41 Å². The largest absolute Gasteiger partial charge is 0.115 e. The van der Waals surface area contributed by atoms with Crippen LogP contribution in [0.25, 0.3) is 0 Å². The van der Waals surface area contributed by atoms with Crippen molar-refractivity contribution in [3.05, 3.63) is 142 Å². The summed E-state index contributed by atoms with van der Waals surface area (Å²) >= 11 is 0. The molecule has 0 aliphatic carbocycles. The first-order valence-electron chi connectivity index (χ1n) is 10.4. The van der Waals surface area contributed by atoms with Gasteiger partial charge in [-0.1, -0.05) is 72.2 Å². The van der Waals surface area contributed by atoms with E-state index in [1.807, 2.05) is 48.5 Å². The number of terminal acetylenes is 4. The van der Waals surface area contributed by atoms with Crippen LogP contribution in [-0.4, -0.2) is 0 Å². The smallest absolute Gasteiger partial charge is 0.0701 e. The first-order valence-corrected chi connectivity index (χ1v) is 10.4. The standard InChI is InChI=1S/C33H20/c1-5-25-9-17-29(18-10-25)33(30-19-11-26(6-2)12-20-30,31-21-13-27(7-3)14-22-31)32-23-15-28(8-4)16-24-32/h1-4,9-24H. The molecule has 0 nitrogen and oxygen atoms in total. The summed E-state index contributed by atoms with van der Waals surface area (Å²) < 4.78 is 0. The number of hydrogen-bond donors (Lipinski definition) is 0. The third-order valence-corrected chi connectivity index (χ3v) is 5.94. The molecule has 152 valence electrons. The summed E-state index contributed by atoms with van der Waals surface area (Å²) in [6.45, 7) is 0. The molecule has 0 aliphatic rings. The van der Waals surface area contributed by atoms with Gasteiger partial charge >= 0.3 is 0 Å². The zero-order valence-corrected chi connectivity index (χ0v) is 18.0. The van der Waals surface area contributed by atoms with Crippen molar-refractivity contribution in [1.29, 1.82) is 0 Å². The van der Waals surface area contributed by atoms with Crippen LogP contribution in [0, 0.1) is 49.4 Å². The third-order valence-electron chi connectivity index (χ3n) is 5.94.